The minimum Gasteiger partial charge on any atom is -0.446 e. The molecule has 1 aromatic rings. The predicted molar refractivity (Wildman–Crippen MR) is 102 cm³/mol. The summed E-state index contributed by atoms with van der Waals surface area (Å²) in [5.74, 6) is 1.29. The van der Waals surface area contributed by atoms with Crippen LogP contribution >= 0.6 is 0 Å². The number of aryl methyl sites for hydroxylation is 2. The fourth-order valence-corrected chi connectivity index (χ4v) is 6.62. The third-order valence-electron chi connectivity index (χ3n) is 7.94. The number of rotatable bonds is 3. The summed E-state index contributed by atoms with van der Waals surface area (Å²) in [5.41, 5.74) is 7.62. The highest BCUT2D eigenvalue weighted by atomic mass is 16.6. The number of primary amides is 1. The summed E-state index contributed by atoms with van der Waals surface area (Å²) < 4.78 is 7.95. The van der Waals surface area contributed by atoms with Crippen LogP contribution < -0.4 is 5.73 Å². The van der Waals surface area contributed by atoms with Gasteiger partial charge in [0.05, 0.1) is 11.1 Å². The number of hydrogen-bond acceptors (Lipinski definition) is 4. The summed E-state index contributed by atoms with van der Waals surface area (Å²) in [6, 6.07) is 2.11. The first kappa shape index (κ1) is 18.0. The van der Waals surface area contributed by atoms with Gasteiger partial charge in [-0.15, -0.1) is 0 Å². The summed E-state index contributed by atoms with van der Waals surface area (Å²) in [6.07, 6.45) is 5.35. The number of hydrogen-bond donors (Lipinski definition) is 1. The summed E-state index contributed by atoms with van der Waals surface area (Å²) in [4.78, 5) is 26.8. The lowest BCUT2D eigenvalue weighted by molar-refractivity contribution is -0.161. The van der Waals surface area contributed by atoms with Crippen molar-refractivity contribution in [3.05, 3.63) is 17.5 Å². The van der Waals surface area contributed by atoms with Crippen LogP contribution in [-0.2, 0) is 16.6 Å². The maximum Gasteiger partial charge on any atom is 0.410 e. The number of ether oxygens (including phenoxy) is 1. The van der Waals surface area contributed by atoms with Crippen molar-refractivity contribution >= 4 is 12.0 Å². The summed E-state index contributed by atoms with van der Waals surface area (Å²) in [5, 5.41) is 4.58. The van der Waals surface area contributed by atoms with Crippen molar-refractivity contribution in [1.82, 2.24) is 14.7 Å². The molecule has 0 spiro atoms. The molecule has 1 aliphatic heterocycles. The molecule has 2 amide bonds. The predicted octanol–water partition coefficient (Wildman–Crippen LogP) is 2.33. The SMILES string of the molecule is Cc1cc(C2CCN(C(=O)OC3C4CC5CC3CC(C(N)=O)(C5)C4)C2)nn1C. The number of nitrogens with zero attached hydrogens (tertiary/aromatic N) is 3. The zero-order valence-electron chi connectivity index (χ0n) is 16.8. The van der Waals surface area contributed by atoms with Crippen LogP contribution in [-0.4, -0.2) is 45.9 Å². The van der Waals surface area contributed by atoms with E-state index >= 15 is 0 Å². The Bertz CT molecular complexity index is 783. The maximum atomic E-state index is 12.9. The highest BCUT2D eigenvalue weighted by molar-refractivity contribution is 5.81. The van der Waals surface area contributed by atoms with Gasteiger partial charge < -0.3 is 15.4 Å². The molecule has 6 rings (SSSR count). The first-order valence-electron chi connectivity index (χ1n) is 10.6. The van der Waals surface area contributed by atoms with Crippen LogP contribution in [0.2, 0.25) is 0 Å². The van der Waals surface area contributed by atoms with E-state index in [4.69, 9.17) is 10.5 Å². The molecule has 0 aromatic carbocycles. The molecule has 4 bridgehead atoms. The maximum absolute atomic E-state index is 12.9. The molecule has 7 nitrogen and oxygen atoms in total. The normalized spacial score (nSPS) is 38.8. The highest BCUT2D eigenvalue weighted by Gasteiger charge is 2.59. The fourth-order valence-electron chi connectivity index (χ4n) is 6.62. The van der Waals surface area contributed by atoms with Gasteiger partial charge in [-0.25, -0.2) is 4.79 Å². The monoisotopic (exact) mass is 386 g/mol. The Hall–Kier alpha value is -2.05. The second-order valence-corrected chi connectivity index (χ2v) is 9.73. The first-order valence-corrected chi connectivity index (χ1v) is 10.6. The second kappa shape index (κ2) is 6.22. The van der Waals surface area contributed by atoms with E-state index in [2.05, 4.69) is 11.2 Å². The average molecular weight is 386 g/mol. The quantitative estimate of drug-likeness (QED) is 0.863. The first-order chi connectivity index (χ1) is 13.3. The van der Waals surface area contributed by atoms with Gasteiger partial charge in [0.2, 0.25) is 5.91 Å². The topological polar surface area (TPSA) is 90.4 Å². The van der Waals surface area contributed by atoms with E-state index in [9.17, 15) is 9.59 Å². The van der Waals surface area contributed by atoms with E-state index in [1.54, 1.807) is 0 Å². The number of aromatic nitrogens is 2. The molecule has 2 heterocycles. The lowest BCUT2D eigenvalue weighted by Gasteiger charge is -2.58. The van der Waals surface area contributed by atoms with Crippen LogP contribution in [0, 0.1) is 30.1 Å². The van der Waals surface area contributed by atoms with E-state index in [0.717, 1.165) is 56.5 Å². The van der Waals surface area contributed by atoms with Crippen LogP contribution in [0.1, 0.15) is 55.8 Å². The van der Waals surface area contributed by atoms with Crippen molar-refractivity contribution < 1.29 is 14.3 Å². The van der Waals surface area contributed by atoms with E-state index in [1.165, 1.54) is 0 Å². The number of nitrogens with two attached hydrogens (primary N) is 1. The van der Waals surface area contributed by atoms with Gasteiger partial charge in [-0.05, 0) is 69.3 Å². The van der Waals surface area contributed by atoms with Crippen molar-refractivity contribution in [2.24, 2.45) is 36.0 Å². The zero-order chi connectivity index (χ0) is 19.6. The molecule has 3 atom stereocenters. The average Bonchev–Trinajstić information content (AvgIpc) is 3.25. The molecule has 3 unspecified atom stereocenters. The summed E-state index contributed by atoms with van der Waals surface area (Å²) >= 11 is 0. The van der Waals surface area contributed by atoms with E-state index in [-0.39, 0.29) is 29.4 Å². The van der Waals surface area contributed by atoms with Gasteiger partial charge in [0.1, 0.15) is 6.10 Å². The Kier molecular flexibility index (Phi) is 4.00. The van der Waals surface area contributed by atoms with Crippen molar-refractivity contribution in [1.29, 1.82) is 0 Å². The standard InChI is InChI=1S/C21H30N4O3/c1-12-5-17(23-24(12)2)14-3-4-25(11-14)20(27)28-18-15-6-13-7-16(18)10-21(8-13,9-15)19(22)26/h5,13-16,18H,3-4,6-11H2,1-2H3,(H2,22,26). The Balaban J connectivity index is 1.24. The highest BCUT2D eigenvalue weighted by Crippen LogP contribution is 2.60. The Morgan fingerprint density at radius 2 is 1.96 bits per heavy atom. The second-order valence-electron chi connectivity index (χ2n) is 9.73. The lowest BCUT2D eigenvalue weighted by Crippen LogP contribution is -2.59. The van der Waals surface area contributed by atoms with E-state index in [0.29, 0.717) is 24.3 Å². The summed E-state index contributed by atoms with van der Waals surface area (Å²) in [6.45, 7) is 3.43. The third kappa shape index (κ3) is 2.73. The largest absolute Gasteiger partial charge is 0.446 e. The van der Waals surface area contributed by atoms with Crippen molar-refractivity contribution in [3.8, 4) is 0 Å². The minimum atomic E-state index is -0.338. The molecular weight excluding hydrogens is 356 g/mol. The van der Waals surface area contributed by atoms with Gasteiger partial charge >= 0.3 is 6.09 Å². The summed E-state index contributed by atoms with van der Waals surface area (Å²) in [7, 11) is 1.95. The van der Waals surface area contributed by atoms with E-state index in [1.807, 2.05) is 23.6 Å². The van der Waals surface area contributed by atoms with Gasteiger partial charge in [-0.2, -0.15) is 5.10 Å². The molecule has 5 fully saturated rings. The molecule has 4 saturated carbocycles. The lowest BCUT2D eigenvalue weighted by atomic mass is 9.48. The molecule has 1 saturated heterocycles. The Morgan fingerprint density at radius 3 is 2.57 bits per heavy atom. The van der Waals surface area contributed by atoms with Gasteiger partial charge in [-0.3, -0.25) is 9.48 Å². The van der Waals surface area contributed by atoms with Crippen LogP contribution in [0.15, 0.2) is 6.07 Å². The van der Waals surface area contributed by atoms with Crippen LogP contribution in [0.3, 0.4) is 0 Å². The van der Waals surface area contributed by atoms with Crippen LogP contribution in [0.4, 0.5) is 4.79 Å². The Labute approximate surface area is 165 Å². The van der Waals surface area contributed by atoms with Crippen molar-refractivity contribution in [2.45, 2.75) is 57.5 Å². The zero-order valence-corrected chi connectivity index (χ0v) is 16.8. The third-order valence-corrected chi connectivity index (χ3v) is 7.94. The smallest absolute Gasteiger partial charge is 0.410 e. The van der Waals surface area contributed by atoms with Crippen LogP contribution in [0.25, 0.3) is 0 Å². The van der Waals surface area contributed by atoms with E-state index < -0.39 is 0 Å². The van der Waals surface area contributed by atoms with Crippen molar-refractivity contribution in [3.63, 3.8) is 0 Å². The molecule has 28 heavy (non-hydrogen) atoms. The minimum absolute atomic E-state index is 0.0485. The fraction of sp³-hybridized carbons (Fsp3) is 0.762. The molecule has 4 aliphatic carbocycles. The van der Waals surface area contributed by atoms with Gasteiger partial charge in [0, 0.05) is 31.7 Å². The number of carbonyl (C=O) groups excluding carboxylic acids is 2. The molecular formula is C21H30N4O3. The van der Waals surface area contributed by atoms with Gasteiger partial charge in [-0.1, -0.05) is 0 Å². The number of amides is 2. The molecule has 0 radical (unpaired) electrons. The number of likely N-dealkylation sites (tertiary alicyclic amines) is 1. The van der Waals surface area contributed by atoms with Crippen molar-refractivity contribution in [2.75, 3.05) is 13.1 Å². The van der Waals surface area contributed by atoms with Gasteiger partial charge in [0.15, 0.2) is 0 Å². The molecule has 1 aromatic heterocycles. The number of carbonyl (C=O) groups is 2. The molecule has 2 N–H and O–H groups in total. The van der Waals surface area contributed by atoms with Gasteiger partial charge in [0.25, 0.3) is 0 Å². The molecule has 5 aliphatic rings. The molecule has 152 valence electrons. The molecule has 7 heteroatoms. The van der Waals surface area contributed by atoms with Crippen LogP contribution in [0.5, 0.6) is 0 Å². The Morgan fingerprint density at radius 1 is 1.25 bits per heavy atom.